The fraction of sp³-hybridized carbons (Fsp3) is 0.667. The van der Waals surface area contributed by atoms with E-state index in [1.807, 2.05) is 6.07 Å². The van der Waals surface area contributed by atoms with E-state index in [1.165, 1.54) is 12.8 Å². The number of hydrogen-bond donors (Lipinski definition) is 0. The molecule has 2 rings (SSSR count). The minimum atomic E-state index is 0.286. The van der Waals surface area contributed by atoms with Crippen molar-refractivity contribution in [1.29, 1.82) is 0 Å². The van der Waals surface area contributed by atoms with E-state index in [9.17, 15) is 0 Å². The van der Waals surface area contributed by atoms with Crippen molar-refractivity contribution in [1.82, 2.24) is 4.98 Å². The molecule has 2 nitrogen and oxygen atoms in total. The van der Waals surface area contributed by atoms with Crippen LogP contribution in [0.15, 0.2) is 21.2 Å². The van der Waals surface area contributed by atoms with E-state index in [0.29, 0.717) is 17.7 Å². The summed E-state index contributed by atoms with van der Waals surface area (Å²) in [5.41, 5.74) is 0. The normalized spacial score (nSPS) is 27.6. The van der Waals surface area contributed by atoms with Gasteiger partial charge in [-0.25, -0.2) is 4.98 Å². The van der Waals surface area contributed by atoms with Gasteiger partial charge in [0.15, 0.2) is 0 Å². The topological polar surface area (TPSA) is 22.1 Å². The van der Waals surface area contributed by atoms with Gasteiger partial charge in [-0.15, -0.1) is 0 Å². The molecule has 0 bridgehead atoms. The molecule has 1 aliphatic carbocycles. The van der Waals surface area contributed by atoms with E-state index < -0.39 is 0 Å². The van der Waals surface area contributed by atoms with Crippen molar-refractivity contribution >= 4 is 31.9 Å². The van der Waals surface area contributed by atoms with Gasteiger partial charge in [0.05, 0.1) is 4.47 Å². The maximum Gasteiger partial charge on any atom is 0.228 e. The van der Waals surface area contributed by atoms with Gasteiger partial charge in [0.2, 0.25) is 5.88 Å². The second-order valence-corrected chi connectivity index (χ2v) is 7.69. The minimum Gasteiger partial charge on any atom is -0.473 e. The first kappa shape index (κ1) is 15.3. The van der Waals surface area contributed by atoms with Gasteiger partial charge >= 0.3 is 0 Å². The number of rotatable bonds is 3. The lowest BCUT2D eigenvalue weighted by molar-refractivity contribution is 0.0420. The zero-order valence-electron chi connectivity index (χ0n) is 11.7. The van der Waals surface area contributed by atoms with Crippen molar-refractivity contribution in [2.45, 2.75) is 46.1 Å². The number of halogens is 2. The standard InChI is InChI=1S/C15H21Br2NO/c1-9(2)12-5-4-10(3)6-14(12)19-15-13(17)7-11(16)8-18-15/h7-10,12,14H,4-6H2,1-3H3. The lowest BCUT2D eigenvalue weighted by Gasteiger charge is -2.37. The molecular formula is C15H21Br2NO. The quantitative estimate of drug-likeness (QED) is 0.684. The summed E-state index contributed by atoms with van der Waals surface area (Å²) in [6.45, 7) is 6.90. The third kappa shape index (κ3) is 3.94. The van der Waals surface area contributed by atoms with Crippen LogP contribution in [0.5, 0.6) is 5.88 Å². The number of aromatic nitrogens is 1. The van der Waals surface area contributed by atoms with Gasteiger partial charge in [0, 0.05) is 10.7 Å². The molecule has 1 heterocycles. The summed E-state index contributed by atoms with van der Waals surface area (Å²) < 4.78 is 8.09. The second-order valence-electron chi connectivity index (χ2n) is 5.92. The van der Waals surface area contributed by atoms with E-state index in [4.69, 9.17) is 4.74 Å². The monoisotopic (exact) mass is 389 g/mol. The van der Waals surface area contributed by atoms with Crippen molar-refractivity contribution in [2.75, 3.05) is 0 Å². The maximum absolute atomic E-state index is 6.21. The Balaban J connectivity index is 2.14. The molecule has 1 aromatic rings. The highest BCUT2D eigenvalue weighted by Gasteiger charge is 2.32. The van der Waals surface area contributed by atoms with Gasteiger partial charge in [-0.2, -0.15) is 0 Å². The third-order valence-corrected chi connectivity index (χ3v) is 5.00. The molecule has 19 heavy (non-hydrogen) atoms. The summed E-state index contributed by atoms with van der Waals surface area (Å²) in [5, 5.41) is 0. The second kappa shape index (κ2) is 6.57. The van der Waals surface area contributed by atoms with Gasteiger partial charge in [0.25, 0.3) is 0 Å². The highest BCUT2D eigenvalue weighted by Crippen LogP contribution is 2.37. The minimum absolute atomic E-state index is 0.286. The summed E-state index contributed by atoms with van der Waals surface area (Å²) >= 11 is 6.95. The van der Waals surface area contributed by atoms with Crippen LogP contribution in [-0.4, -0.2) is 11.1 Å². The van der Waals surface area contributed by atoms with Crippen LogP contribution in [0.3, 0.4) is 0 Å². The molecule has 3 atom stereocenters. The fourth-order valence-corrected chi connectivity index (χ4v) is 3.96. The summed E-state index contributed by atoms with van der Waals surface area (Å²) in [5.74, 6) is 2.75. The highest BCUT2D eigenvalue weighted by molar-refractivity contribution is 9.11. The first-order chi connectivity index (χ1) is 8.97. The van der Waals surface area contributed by atoms with Gasteiger partial charge in [-0.05, 0) is 68.5 Å². The van der Waals surface area contributed by atoms with Crippen LogP contribution < -0.4 is 4.74 Å². The Hall–Kier alpha value is -0.0900. The lowest BCUT2D eigenvalue weighted by Crippen LogP contribution is -2.36. The first-order valence-corrected chi connectivity index (χ1v) is 8.53. The van der Waals surface area contributed by atoms with Crippen LogP contribution >= 0.6 is 31.9 Å². The SMILES string of the molecule is CC1CCC(C(C)C)C(Oc2ncc(Br)cc2Br)C1. The molecule has 3 unspecified atom stereocenters. The maximum atomic E-state index is 6.21. The number of pyridine rings is 1. The number of ether oxygens (including phenoxy) is 1. The average molecular weight is 391 g/mol. The molecule has 0 spiro atoms. The van der Waals surface area contributed by atoms with Gasteiger partial charge in [0.1, 0.15) is 6.10 Å². The molecule has 1 aliphatic rings. The van der Waals surface area contributed by atoms with Crippen molar-refractivity contribution in [2.24, 2.45) is 17.8 Å². The molecule has 1 saturated carbocycles. The fourth-order valence-electron chi connectivity index (χ4n) is 2.88. The van der Waals surface area contributed by atoms with E-state index in [2.05, 4.69) is 57.6 Å². The molecule has 0 N–H and O–H groups in total. The van der Waals surface area contributed by atoms with Crippen LogP contribution in [0.2, 0.25) is 0 Å². The number of hydrogen-bond acceptors (Lipinski definition) is 2. The molecular weight excluding hydrogens is 370 g/mol. The largest absolute Gasteiger partial charge is 0.473 e. The van der Waals surface area contributed by atoms with Gasteiger partial charge in [-0.1, -0.05) is 27.2 Å². The zero-order valence-corrected chi connectivity index (χ0v) is 14.9. The zero-order chi connectivity index (χ0) is 14.0. The van der Waals surface area contributed by atoms with E-state index in [0.717, 1.165) is 21.3 Å². The van der Waals surface area contributed by atoms with Crippen LogP contribution in [-0.2, 0) is 0 Å². The van der Waals surface area contributed by atoms with Crippen LogP contribution in [0, 0.1) is 17.8 Å². The smallest absolute Gasteiger partial charge is 0.228 e. The van der Waals surface area contributed by atoms with Crippen molar-refractivity contribution in [3.8, 4) is 5.88 Å². The van der Waals surface area contributed by atoms with Crippen LogP contribution in [0.25, 0.3) is 0 Å². The molecule has 0 amide bonds. The molecule has 0 radical (unpaired) electrons. The number of nitrogens with zero attached hydrogens (tertiary/aromatic N) is 1. The molecule has 1 aromatic heterocycles. The third-order valence-electron chi connectivity index (χ3n) is 4.00. The molecule has 0 aromatic carbocycles. The van der Waals surface area contributed by atoms with Crippen molar-refractivity contribution < 1.29 is 4.74 Å². The Morgan fingerprint density at radius 2 is 2.05 bits per heavy atom. The predicted molar refractivity (Wildman–Crippen MR) is 85.4 cm³/mol. The average Bonchev–Trinajstić information content (AvgIpc) is 2.32. The van der Waals surface area contributed by atoms with E-state index >= 15 is 0 Å². The summed E-state index contributed by atoms with van der Waals surface area (Å²) in [7, 11) is 0. The van der Waals surface area contributed by atoms with E-state index in [-0.39, 0.29) is 6.10 Å². The highest BCUT2D eigenvalue weighted by atomic mass is 79.9. The van der Waals surface area contributed by atoms with Crippen LogP contribution in [0.1, 0.15) is 40.0 Å². The molecule has 4 heteroatoms. The summed E-state index contributed by atoms with van der Waals surface area (Å²) in [6.07, 6.45) is 5.78. The van der Waals surface area contributed by atoms with Gasteiger partial charge in [-0.3, -0.25) is 0 Å². The van der Waals surface area contributed by atoms with Gasteiger partial charge < -0.3 is 4.74 Å². The van der Waals surface area contributed by atoms with Crippen LogP contribution in [0.4, 0.5) is 0 Å². The Labute approximate surface area is 132 Å². The molecule has 0 aliphatic heterocycles. The Morgan fingerprint density at radius 3 is 2.68 bits per heavy atom. The summed E-state index contributed by atoms with van der Waals surface area (Å²) in [4.78, 5) is 4.37. The molecule has 106 valence electrons. The summed E-state index contributed by atoms with van der Waals surface area (Å²) in [6, 6.07) is 1.99. The Kier molecular flexibility index (Phi) is 5.29. The Morgan fingerprint density at radius 1 is 1.32 bits per heavy atom. The Bertz CT molecular complexity index is 436. The van der Waals surface area contributed by atoms with E-state index in [1.54, 1.807) is 6.20 Å². The molecule has 0 saturated heterocycles. The van der Waals surface area contributed by atoms with Crippen molar-refractivity contribution in [3.63, 3.8) is 0 Å². The predicted octanol–water partition coefficient (Wildman–Crippen LogP) is 5.45. The first-order valence-electron chi connectivity index (χ1n) is 6.95. The lowest BCUT2D eigenvalue weighted by atomic mass is 9.75. The van der Waals surface area contributed by atoms with Crippen molar-refractivity contribution in [3.05, 3.63) is 21.2 Å². The molecule has 1 fully saturated rings.